The average molecular weight is 337 g/mol. The molecule has 6 nitrogen and oxygen atoms in total. The molecule has 0 unspecified atom stereocenters. The van der Waals surface area contributed by atoms with Crippen molar-refractivity contribution in [1.29, 1.82) is 0 Å². The first-order valence-corrected chi connectivity index (χ1v) is 8.10. The second-order valence-corrected chi connectivity index (χ2v) is 5.34. The van der Waals surface area contributed by atoms with Crippen LogP contribution >= 0.6 is 12.2 Å². The molecule has 7 heteroatoms. The summed E-state index contributed by atoms with van der Waals surface area (Å²) in [4.78, 5) is 23.3. The highest BCUT2D eigenvalue weighted by molar-refractivity contribution is 7.80. The summed E-state index contributed by atoms with van der Waals surface area (Å²) in [6.45, 7) is 4.65. The highest BCUT2D eigenvalue weighted by Gasteiger charge is 2.08. The van der Waals surface area contributed by atoms with Crippen molar-refractivity contribution in [1.82, 2.24) is 16.2 Å². The minimum Gasteiger partial charge on any atom is -0.494 e. The molecule has 0 aromatic heterocycles. The van der Waals surface area contributed by atoms with Crippen LogP contribution in [-0.2, 0) is 4.79 Å². The van der Waals surface area contributed by atoms with Crippen LogP contribution < -0.4 is 20.9 Å². The van der Waals surface area contributed by atoms with Crippen molar-refractivity contribution in [3.63, 3.8) is 0 Å². The topological polar surface area (TPSA) is 79.5 Å². The fourth-order valence-corrected chi connectivity index (χ4v) is 1.80. The van der Waals surface area contributed by atoms with Gasteiger partial charge < -0.3 is 4.74 Å². The number of amides is 2. The van der Waals surface area contributed by atoms with E-state index in [4.69, 9.17) is 17.0 Å². The molecule has 0 spiro atoms. The predicted molar refractivity (Wildman–Crippen MR) is 93.1 cm³/mol. The van der Waals surface area contributed by atoms with Gasteiger partial charge in [0.05, 0.1) is 6.61 Å². The SMILES string of the molecule is CCCCOc1ccc(C(=O)NC(=S)NNC(=O)CCC)cc1. The van der Waals surface area contributed by atoms with Gasteiger partial charge in [0.2, 0.25) is 5.91 Å². The van der Waals surface area contributed by atoms with E-state index in [9.17, 15) is 9.59 Å². The van der Waals surface area contributed by atoms with Crippen molar-refractivity contribution in [2.75, 3.05) is 6.61 Å². The summed E-state index contributed by atoms with van der Waals surface area (Å²) >= 11 is 4.95. The van der Waals surface area contributed by atoms with Crippen molar-refractivity contribution >= 4 is 29.1 Å². The van der Waals surface area contributed by atoms with Crippen LogP contribution in [0.15, 0.2) is 24.3 Å². The van der Waals surface area contributed by atoms with Crippen LogP contribution in [-0.4, -0.2) is 23.5 Å². The maximum absolute atomic E-state index is 12.0. The molecule has 0 heterocycles. The first-order chi connectivity index (χ1) is 11.1. The fraction of sp³-hybridized carbons (Fsp3) is 0.438. The lowest BCUT2D eigenvalue weighted by Crippen LogP contribution is -2.48. The zero-order valence-corrected chi connectivity index (χ0v) is 14.3. The number of hydrogen-bond donors (Lipinski definition) is 3. The molecule has 0 aliphatic carbocycles. The lowest BCUT2D eigenvalue weighted by atomic mass is 10.2. The number of hydrazine groups is 1. The average Bonchev–Trinajstić information content (AvgIpc) is 2.54. The van der Waals surface area contributed by atoms with E-state index in [1.807, 2.05) is 6.92 Å². The Balaban J connectivity index is 2.41. The summed E-state index contributed by atoms with van der Waals surface area (Å²) in [5.41, 5.74) is 5.36. The van der Waals surface area contributed by atoms with E-state index in [2.05, 4.69) is 23.1 Å². The number of benzene rings is 1. The molecule has 0 radical (unpaired) electrons. The van der Waals surface area contributed by atoms with Gasteiger partial charge in [-0.15, -0.1) is 0 Å². The van der Waals surface area contributed by atoms with E-state index in [1.54, 1.807) is 24.3 Å². The molecule has 0 atom stereocenters. The van der Waals surface area contributed by atoms with Gasteiger partial charge >= 0.3 is 0 Å². The minimum atomic E-state index is -0.354. The number of rotatable bonds is 7. The molecule has 3 N–H and O–H groups in total. The first-order valence-electron chi connectivity index (χ1n) is 7.69. The molecule has 0 bridgehead atoms. The molecule has 1 aromatic rings. The van der Waals surface area contributed by atoms with Gasteiger partial charge in [0.15, 0.2) is 5.11 Å². The molecule has 0 saturated carbocycles. The van der Waals surface area contributed by atoms with E-state index in [0.29, 0.717) is 18.6 Å². The van der Waals surface area contributed by atoms with Crippen LogP contribution in [0.3, 0.4) is 0 Å². The molecule has 126 valence electrons. The monoisotopic (exact) mass is 337 g/mol. The number of carbonyl (C=O) groups excluding carboxylic acids is 2. The van der Waals surface area contributed by atoms with Crippen molar-refractivity contribution in [3.8, 4) is 5.75 Å². The Kier molecular flexibility index (Phi) is 8.67. The third-order valence-corrected chi connectivity index (χ3v) is 3.11. The summed E-state index contributed by atoms with van der Waals surface area (Å²) < 4.78 is 5.53. The number of nitrogens with one attached hydrogen (secondary N) is 3. The molecule has 23 heavy (non-hydrogen) atoms. The molecular formula is C16H23N3O3S. The van der Waals surface area contributed by atoms with Crippen LogP contribution in [0.4, 0.5) is 0 Å². The van der Waals surface area contributed by atoms with Gasteiger partial charge in [-0.2, -0.15) is 0 Å². The molecule has 1 rings (SSSR count). The Morgan fingerprint density at radius 1 is 1.09 bits per heavy atom. The van der Waals surface area contributed by atoms with Gasteiger partial charge in [0.25, 0.3) is 5.91 Å². The summed E-state index contributed by atoms with van der Waals surface area (Å²) in [6.07, 6.45) is 3.19. The smallest absolute Gasteiger partial charge is 0.257 e. The standard InChI is InChI=1S/C16H23N3O3S/c1-3-5-11-22-13-9-7-12(8-10-13)15(21)17-16(23)19-18-14(20)6-4-2/h7-10H,3-6,11H2,1-2H3,(H,18,20)(H2,17,19,21,23). The van der Waals surface area contributed by atoms with Crippen molar-refractivity contribution in [3.05, 3.63) is 29.8 Å². The Bertz CT molecular complexity index is 532. The van der Waals surface area contributed by atoms with E-state index in [0.717, 1.165) is 25.0 Å². The van der Waals surface area contributed by atoms with Crippen molar-refractivity contribution in [2.45, 2.75) is 39.5 Å². The predicted octanol–water partition coefficient (Wildman–Crippen LogP) is 2.30. The number of hydrogen-bond acceptors (Lipinski definition) is 4. The Labute approximate surface area is 141 Å². The largest absolute Gasteiger partial charge is 0.494 e. The maximum Gasteiger partial charge on any atom is 0.257 e. The summed E-state index contributed by atoms with van der Waals surface area (Å²) in [5, 5.41) is 2.54. The van der Waals surface area contributed by atoms with Gasteiger partial charge in [-0.05, 0) is 49.3 Å². The molecule has 0 aliphatic rings. The van der Waals surface area contributed by atoms with Gasteiger partial charge in [-0.25, -0.2) is 0 Å². The lowest BCUT2D eigenvalue weighted by molar-refractivity contribution is -0.121. The van der Waals surface area contributed by atoms with Gasteiger partial charge in [-0.3, -0.25) is 25.8 Å². The van der Waals surface area contributed by atoms with Crippen LogP contribution in [0.5, 0.6) is 5.75 Å². The van der Waals surface area contributed by atoms with Crippen LogP contribution in [0, 0.1) is 0 Å². The summed E-state index contributed by atoms with van der Waals surface area (Å²) in [7, 11) is 0. The van der Waals surface area contributed by atoms with Crippen LogP contribution in [0.1, 0.15) is 49.9 Å². The molecule has 0 fully saturated rings. The number of ether oxygens (including phenoxy) is 1. The minimum absolute atomic E-state index is 0.0442. The highest BCUT2D eigenvalue weighted by atomic mass is 32.1. The van der Waals surface area contributed by atoms with Crippen molar-refractivity contribution in [2.24, 2.45) is 0 Å². The Morgan fingerprint density at radius 3 is 2.39 bits per heavy atom. The van der Waals surface area contributed by atoms with Gasteiger partial charge in [0, 0.05) is 12.0 Å². The Hall–Kier alpha value is -2.15. The Morgan fingerprint density at radius 2 is 1.78 bits per heavy atom. The third kappa shape index (κ3) is 7.60. The maximum atomic E-state index is 12.0. The van der Waals surface area contributed by atoms with Crippen LogP contribution in [0.2, 0.25) is 0 Å². The second-order valence-electron chi connectivity index (χ2n) is 4.93. The molecule has 0 saturated heterocycles. The number of unbranched alkanes of at least 4 members (excludes halogenated alkanes) is 1. The third-order valence-electron chi connectivity index (χ3n) is 2.90. The first kappa shape index (κ1) is 18.9. The zero-order chi connectivity index (χ0) is 17.1. The van der Waals surface area contributed by atoms with E-state index in [1.165, 1.54) is 0 Å². The number of carbonyl (C=O) groups is 2. The zero-order valence-electron chi connectivity index (χ0n) is 13.5. The van der Waals surface area contributed by atoms with Crippen LogP contribution in [0.25, 0.3) is 0 Å². The van der Waals surface area contributed by atoms with Crippen molar-refractivity contribution < 1.29 is 14.3 Å². The normalized spacial score (nSPS) is 9.83. The molecule has 0 aliphatic heterocycles. The molecule has 1 aromatic carbocycles. The van der Waals surface area contributed by atoms with E-state index < -0.39 is 0 Å². The lowest BCUT2D eigenvalue weighted by Gasteiger charge is -2.11. The van der Waals surface area contributed by atoms with Gasteiger partial charge in [0.1, 0.15) is 5.75 Å². The van der Waals surface area contributed by atoms with E-state index >= 15 is 0 Å². The fourth-order valence-electron chi connectivity index (χ4n) is 1.66. The molecular weight excluding hydrogens is 314 g/mol. The quantitative estimate of drug-likeness (QED) is 0.404. The number of thiocarbonyl (C=S) groups is 1. The second kappa shape index (κ2) is 10.6. The highest BCUT2D eigenvalue weighted by Crippen LogP contribution is 2.12. The summed E-state index contributed by atoms with van der Waals surface area (Å²) in [6, 6.07) is 6.80. The van der Waals surface area contributed by atoms with E-state index in [-0.39, 0.29) is 16.9 Å². The molecule has 2 amide bonds. The summed E-state index contributed by atoms with van der Waals surface area (Å²) in [5.74, 6) is 0.188. The van der Waals surface area contributed by atoms with Gasteiger partial charge in [-0.1, -0.05) is 20.3 Å².